The molecule has 3 N–H and O–H groups in total. The Kier molecular flexibility index (Phi) is 5.54. The van der Waals surface area contributed by atoms with Crippen molar-refractivity contribution in [2.24, 2.45) is 0 Å². The molecule has 1 amide bonds. The number of hydrogen-bond donors (Lipinski definition) is 3. The number of carbonyl (C=O) groups excluding carboxylic acids is 1. The minimum atomic E-state index is -1.49. The van der Waals surface area contributed by atoms with E-state index in [1.54, 1.807) is 46.8 Å². The summed E-state index contributed by atoms with van der Waals surface area (Å²) in [4.78, 5) is 23.2. The van der Waals surface area contributed by atoms with Crippen LogP contribution < -0.4 is 5.32 Å². The van der Waals surface area contributed by atoms with E-state index in [9.17, 15) is 19.8 Å². The Balaban J connectivity index is 3.01. The number of benzene rings is 1. The zero-order valence-corrected chi connectivity index (χ0v) is 13.5. The predicted molar refractivity (Wildman–Crippen MR) is 81.7 cm³/mol. The second kappa shape index (κ2) is 6.79. The highest BCUT2D eigenvalue weighted by Crippen LogP contribution is 2.25. The number of carbonyl (C=O) groups is 2. The van der Waals surface area contributed by atoms with E-state index in [1.165, 1.54) is 0 Å². The molecule has 122 valence electrons. The fourth-order valence-corrected chi connectivity index (χ4v) is 2.17. The Morgan fingerprint density at radius 3 is 2.09 bits per heavy atom. The summed E-state index contributed by atoms with van der Waals surface area (Å²) in [5.41, 5.74) is 1.25. The maximum Gasteiger partial charge on any atom is 0.408 e. The Morgan fingerprint density at radius 2 is 1.68 bits per heavy atom. The van der Waals surface area contributed by atoms with E-state index in [2.05, 4.69) is 5.32 Å². The van der Waals surface area contributed by atoms with Gasteiger partial charge in [-0.05, 0) is 51.3 Å². The summed E-state index contributed by atoms with van der Waals surface area (Å²) in [6.07, 6.45) is -2.25. The van der Waals surface area contributed by atoms with Gasteiger partial charge in [0.15, 0.2) is 6.04 Å². The third kappa shape index (κ3) is 4.73. The number of rotatable bonds is 4. The van der Waals surface area contributed by atoms with Crippen LogP contribution in [0.15, 0.2) is 18.2 Å². The average molecular weight is 309 g/mol. The highest BCUT2D eigenvalue weighted by atomic mass is 16.6. The molecule has 1 aromatic rings. The molecular formula is C16H23NO5. The molecule has 0 aliphatic rings. The van der Waals surface area contributed by atoms with Crippen molar-refractivity contribution in [1.82, 2.24) is 5.32 Å². The zero-order chi connectivity index (χ0) is 17.1. The van der Waals surface area contributed by atoms with Gasteiger partial charge in [0.1, 0.15) is 11.7 Å². The van der Waals surface area contributed by atoms with Crippen LogP contribution in [0.5, 0.6) is 0 Å². The van der Waals surface area contributed by atoms with Gasteiger partial charge in [-0.15, -0.1) is 0 Å². The van der Waals surface area contributed by atoms with Crippen molar-refractivity contribution in [1.29, 1.82) is 0 Å². The number of aliphatic hydroxyl groups is 1. The molecule has 0 bridgehead atoms. The summed E-state index contributed by atoms with van der Waals surface area (Å²) in [7, 11) is 0. The number of aryl methyl sites for hydroxylation is 2. The van der Waals surface area contributed by atoms with E-state index in [0.29, 0.717) is 5.56 Å². The minimum Gasteiger partial charge on any atom is -0.480 e. The van der Waals surface area contributed by atoms with Crippen LogP contribution in [-0.4, -0.2) is 33.9 Å². The van der Waals surface area contributed by atoms with E-state index in [1.807, 2.05) is 6.07 Å². The lowest BCUT2D eigenvalue weighted by Crippen LogP contribution is -2.47. The molecule has 0 heterocycles. The summed E-state index contributed by atoms with van der Waals surface area (Å²) < 4.78 is 5.04. The Hall–Kier alpha value is -2.08. The lowest BCUT2D eigenvalue weighted by Gasteiger charge is -2.26. The first-order valence-electron chi connectivity index (χ1n) is 6.99. The molecule has 0 saturated carbocycles. The van der Waals surface area contributed by atoms with Crippen molar-refractivity contribution in [3.05, 3.63) is 34.9 Å². The maximum atomic E-state index is 11.8. The molecule has 0 fully saturated rings. The quantitative estimate of drug-likeness (QED) is 0.793. The van der Waals surface area contributed by atoms with Crippen molar-refractivity contribution in [3.63, 3.8) is 0 Å². The summed E-state index contributed by atoms with van der Waals surface area (Å²) in [5, 5.41) is 21.9. The van der Waals surface area contributed by atoms with E-state index in [4.69, 9.17) is 4.74 Å². The zero-order valence-electron chi connectivity index (χ0n) is 13.5. The van der Waals surface area contributed by atoms with Crippen LogP contribution in [0.25, 0.3) is 0 Å². The second-order valence-electron chi connectivity index (χ2n) is 6.21. The summed E-state index contributed by atoms with van der Waals surface area (Å²) in [6, 6.07) is 3.88. The van der Waals surface area contributed by atoms with E-state index in [0.717, 1.165) is 11.1 Å². The summed E-state index contributed by atoms with van der Waals surface area (Å²) in [6.45, 7) is 8.56. The lowest BCUT2D eigenvalue weighted by molar-refractivity contribution is -0.142. The van der Waals surface area contributed by atoms with Gasteiger partial charge in [0.25, 0.3) is 0 Å². The first kappa shape index (κ1) is 18.0. The summed E-state index contributed by atoms with van der Waals surface area (Å²) in [5.74, 6) is -1.33. The summed E-state index contributed by atoms with van der Waals surface area (Å²) >= 11 is 0. The molecular weight excluding hydrogens is 286 g/mol. The average Bonchev–Trinajstić information content (AvgIpc) is 2.33. The Labute approximate surface area is 130 Å². The molecule has 0 unspecified atom stereocenters. The number of aliphatic hydroxyl groups excluding tert-OH is 1. The molecule has 1 rings (SSSR count). The highest BCUT2D eigenvalue weighted by Gasteiger charge is 2.32. The molecule has 0 spiro atoms. The van der Waals surface area contributed by atoms with Crippen molar-refractivity contribution in [2.45, 2.75) is 52.4 Å². The first-order valence-corrected chi connectivity index (χ1v) is 6.99. The fraction of sp³-hybridized carbons (Fsp3) is 0.500. The first-order chi connectivity index (χ1) is 10.0. The Morgan fingerprint density at radius 1 is 1.18 bits per heavy atom. The highest BCUT2D eigenvalue weighted by molar-refractivity contribution is 5.81. The third-order valence-electron chi connectivity index (χ3n) is 3.09. The number of nitrogens with one attached hydrogen (secondary N) is 1. The van der Waals surface area contributed by atoms with E-state index in [-0.39, 0.29) is 0 Å². The topological polar surface area (TPSA) is 95.9 Å². The monoisotopic (exact) mass is 309 g/mol. The van der Waals surface area contributed by atoms with Gasteiger partial charge < -0.3 is 20.3 Å². The van der Waals surface area contributed by atoms with Gasteiger partial charge in [-0.1, -0.05) is 18.2 Å². The van der Waals surface area contributed by atoms with Crippen LogP contribution in [-0.2, 0) is 9.53 Å². The third-order valence-corrected chi connectivity index (χ3v) is 3.09. The molecule has 2 atom stereocenters. The normalized spacial score (nSPS) is 14.1. The number of amides is 1. The number of ether oxygens (including phenoxy) is 1. The largest absolute Gasteiger partial charge is 0.480 e. The standard InChI is InChI=1S/C16H23NO5/c1-9-7-6-8-10(2)11(9)13(18)12(14(19)20)17-15(21)22-16(3,4)5/h6-8,12-13,18H,1-5H3,(H,17,21)(H,19,20)/t12-,13-/m1/s1. The number of carboxylic acid groups (broad SMARTS) is 1. The van der Waals surface area contributed by atoms with Crippen LogP contribution in [0.3, 0.4) is 0 Å². The van der Waals surface area contributed by atoms with Crippen LogP contribution in [0.2, 0.25) is 0 Å². The molecule has 6 nitrogen and oxygen atoms in total. The molecule has 6 heteroatoms. The van der Waals surface area contributed by atoms with Crippen LogP contribution >= 0.6 is 0 Å². The van der Waals surface area contributed by atoms with Crippen molar-refractivity contribution < 1.29 is 24.5 Å². The predicted octanol–water partition coefficient (Wildman–Crippen LogP) is 2.31. The lowest BCUT2D eigenvalue weighted by atomic mass is 9.93. The van der Waals surface area contributed by atoms with E-state index >= 15 is 0 Å². The molecule has 1 aromatic carbocycles. The van der Waals surface area contributed by atoms with Gasteiger partial charge in [0.05, 0.1) is 0 Å². The smallest absolute Gasteiger partial charge is 0.408 e. The SMILES string of the molecule is Cc1cccc(C)c1[C@@H](O)[C@@H](NC(=O)OC(C)(C)C)C(=O)O. The number of aliphatic carboxylic acids is 1. The Bertz CT molecular complexity index is 542. The maximum absolute atomic E-state index is 11.8. The number of alkyl carbamates (subject to hydrolysis) is 1. The molecule has 0 aliphatic carbocycles. The van der Waals surface area contributed by atoms with Crippen molar-refractivity contribution in [3.8, 4) is 0 Å². The second-order valence-corrected chi connectivity index (χ2v) is 6.21. The van der Waals surface area contributed by atoms with Gasteiger partial charge in [-0.3, -0.25) is 0 Å². The molecule has 0 saturated heterocycles. The van der Waals surface area contributed by atoms with Crippen LogP contribution in [0, 0.1) is 13.8 Å². The van der Waals surface area contributed by atoms with E-state index < -0.39 is 29.8 Å². The molecule has 0 radical (unpaired) electrons. The molecule has 22 heavy (non-hydrogen) atoms. The van der Waals surface area contributed by atoms with Crippen molar-refractivity contribution in [2.75, 3.05) is 0 Å². The van der Waals surface area contributed by atoms with Gasteiger partial charge in [-0.2, -0.15) is 0 Å². The minimum absolute atomic E-state index is 0.492. The molecule has 0 aliphatic heterocycles. The van der Waals surface area contributed by atoms with Gasteiger partial charge in [0.2, 0.25) is 0 Å². The van der Waals surface area contributed by atoms with Gasteiger partial charge in [0, 0.05) is 0 Å². The number of carboxylic acids is 1. The number of hydrogen-bond acceptors (Lipinski definition) is 4. The van der Waals surface area contributed by atoms with Crippen LogP contribution in [0.4, 0.5) is 4.79 Å². The van der Waals surface area contributed by atoms with Crippen molar-refractivity contribution >= 4 is 12.1 Å². The van der Waals surface area contributed by atoms with Gasteiger partial charge in [-0.25, -0.2) is 9.59 Å². The molecule has 0 aromatic heterocycles. The van der Waals surface area contributed by atoms with Gasteiger partial charge >= 0.3 is 12.1 Å². The fourth-order valence-electron chi connectivity index (χ4n) is 2.17. The van der Waals surface area contributed by atoms with Crippen LogP contribution in [0.1, 0.15) is 43.6 Å².